The van der Waals surface area contributed by atoms with Crippen molar-refractivity contribution in [3.63, 3.8) is 0 Å². The molecular formula is C16H21NO3. The van der Waals surface area contributed by atoms with Gasteiger partial charge in [-0.1, -0.05) is 51.1 Å². The highest BCUT2D eigenvalue weighted by Gasteiger charge is 2.24. The molecule has 0 unspecified atom stereocenters. The highest BCUT2D eigenvalue weighted by atomic mass is 16.5. The van der Waals surface area contributed by atoms with Crippen molar-refractivity contribution in [2.45, 2.75) is 27.2 Å². The van der Waals surface area contributed by atoms with Gasteiger partial charge >= 0.3 is 5.97 Å². The summed E-state index contributed by atoms with van der Waals surface area (Å²) in [5.74, 6) is -0.763. The van der Waals surface area contributed by atoms with Gasteiger partial charge in [0.2, 0.25) is 5.91 Å². The third-order valence-corrected chi connectivity index (χ3v) is 2.72. The van der Waals surface area contributed by atoms with Crippen LogP contribution in [0.2, 0.25) is 0 Å². The van der Waals surface area contributed by atoms with E-state index in [0.29, 0.717) is 6.42 Å². The minimum absolute atomic E-state index is 0.177. The first-order chi connectivity index (χ1) is 9.34. The summed E-state index contributed by atoms with van der Waals surface area (Å²) in [6.07, 6.45) is 2.22. The van der Waals surface area contributed by atoms with E-state index in [9.17, 15) is 9.59 Å². The Labute approximate surface area is 119 Å². The van der Waals surface area contributed by atoms with Crippen LogP contribution in [0.1, 0.15) is 26.3 Å². The van der Waals surface area contributed by atoms with E-state index in [1.807, 2.05) is 30.3 Å². The van der Waals surface area contributed by atoms with Crippen LogP contribution in [0.25, 0.3) is 0 Å². The first kappa shape index (κ1) is 16.0. The monoisotopic (exact) mass is 275 g/mol. The molecule has 1 rings (SSSR count). The number of carbonyl (C=O) groups excluding carboxylic acids is 2. The topological polar surface area (TPSA) is 55.4 Å². The summed E-state index contributed by atoms with van der Waals surface area (Å²) in [5, 5.41) is 2.63. The first-order valence-corrected chi connectivity index (χ1v) is 6.48. The zero-order chi connectivity index (χ0) is 15.2. The Morgan fingerprint density at radius 2 is 1.80 bits per heavy atom. The molecular weight excluding hydrogens is 254 g/mol. The van der Waals surface area contributed by atoms with Gasteiger partial charge in [-0.25, -0.2) is 4.79 Å². The van der Waals surface area contributed by atoms with Crippen molar-refractivity contribution in [3.8, 4) is 0 Å². The van der Waals surface area contributed by atoms with Crippen molar-refractivity contribution in [1.29, 1.82) is 0 Å². The van der Waals surface area contributed by atoms with Crippen LogP contribution in [0.3, 0.4) is 0 Å². The van der Waals surface area contributed by atoms with E-state index in [-0.39, 0.29) is 11.6 Å². The molecule has 108 valence electrons. The number of ether oxygens (including phenoxy) is 1. The number of carbonyl (C=O) groups is 2. The molecule has 0 atom stereocenters. The maximum Gasteiger partial charge on any atom is 0.354 e. The average Bonchev–Trinajstić information content (AvgIpc) is 2.42. The number of rotatable bonds is 4. The van der Waals surface area contributed by atoms with Crippen LogP contribution >= 0.6 is 0 Å². The van der Waals surface area contributed by atoms with Crippen molar-refractivity contribution in [1.82, 2.24) is 5.32 Å². The Bertz CT molecular complexity index is 498. The van der Waals surface area contributed by atoms with Gasteiger partial charge in [0.15, 0.2) is 0 Å². The van der Waals surface area contributed by atoms with Crippen LogP contribution in [0.15, 0.2) is 42.1 Å². The van der Waals surface area contributed by atoms with Crippen molar-refractivity contribution in [2.75, 3.05) is 7.11 Å². The van der Waals surface area contributed by atoms with Gasteiger partial charge in [0.1, 0.15) is 5.70 Å². The molecule has 0 aromatic heterocycles. The largest absolute Gasteiger partial charge is 0.464 e. The number of methoxy groups -OCH3 is 1. The molecule has 0 aliphatic rings. The fraction of sp³-hybridized carbons (Fsp3) is 0.375. The van der Waals surface area contributed by atoms with Gasteiger partial charge in [-0.15, -0.1) is 0 Å². The Kier molecular flexibility index (Phi) is 5.50. The summed E-state index contributed by atoms with van der Waals surface area (Å²) in [6.45, 7) is 5.36. The molecule has 1 aromatic carbocycles. The number of hydrogen-bond acceptors (Lipinski definition) is 3. The van der Waals surface area contributed by atoms with Crippen LogP contribution < -0.4 is 5.32 Å². The fourth-order valence-electron chi connectivity index (χ4n) is 1.44. The summed E-state index contributed by atoms with van der Waals surface area (Å²) in [6, 6.07) is 9.69. The molecule has 0 spiro atoms. The highest BCUT2D eigenvalue weighted by molar-refractivity contribution is 5.95. The highest BCUT2D eigenvalue weighted by Crippen LogP contribution is 2.14. The SMILES string of the molecule is COC(=O)/C(=C/Cc1ccccc1)NC(=O)C(C)(C)C. The molecule has 0 heterocycles. The van der Waals surface area contributed by atoms with E-state index in [1.54, 1.807) is 26.8 Å². The second-order valence-electron chi connectivity index (χ2n) is 5.50. The molecule has 4 heteroatoms. The average molecular weight is 275 g/mol. The maximum atomic E-state index is 11.9. The number of hydrogen-bond donors (Lipinski definition) is 1. The van der Waals surface area contributed by atoms with Gasteiger partial charge < -0.3 is 10.1 Å². The van der Waals surface area contributed by atoms with Gasteiger partial charge in [0.25, 0.3) is 0 Å². The molecule has 0 saturated heterocycles. The summed E-state index contributed by atoms with van der Waals surface area (Å²) >= 11 is 0. The zero-order valence-electron chi connectivity index (χ0n) is 12.4. The molecule has 0 saturated carbocycles. The quantitative estimate of drug-likeness (QED) is 0.678. The van der Waals surface area contributed by atoms with Gasteiger partial charge in [-0.2, -0.15) is 0 Å². The molecule has 1 amide bonds. The number of benzene rings is 1. The molecule has 0 aliphatic carbocycles. The third kappa shape index (κ3) is 4.88. The number of esters is 1. The van der Waals surface area contributed by atoms with E-state index < -0.39 is 11.4 Å². The van der Waals surface area contributed by atoms with Crippen molar-refractivity contribution < 1.29 is 14.3 Å². The Balaban J connectivity index is 2.85. The second-order valence-corrected chi connectivity index (χ2v) is 5.50. The summed E-state index contributed by atoms with van der Waals surface area (Å²) in [7, 11) is 1.29. The second kappa shape index (κ2) is 6.89. The van der Waals surface area contributed by atoms with Crippen molar-refractivity contribution >= 4 is 11.9 Å². The van der Waals surface area contributed by atoms with E-state index in [0.717, 1.165) is 5.56 Å². The van der Waals surface area contributed by atoms with E-state index in [2.05, 4.69) is 5.32 Å². The van der Waals surface area contributed by atoms with Gasteiger partial charge in [-0.3, -0.25) is 4.79 Å². The predicted molar refractivity (Wildman–Crippen MR) is 77.8 cm³/mol. The van der Waals surface area contributed by atoms with Gasteiger partial charge in [-0.05, 0) is 18.1 Å². The van der Waals surface area contributed by atoms with Crippen LogP contribution in [-0.2, 0) is 20.7 Å². The number of amides is 1. The van der Waals surface area contributed by atoms with Gasteiger partial charge in [0.05, 0.1) is 7.11 Å². The minimum atomic E-state index is -0.570. The van der Waals surface area contributed by atoms with Crippen LogP contribution in [0.4, 0.5) is 0 Å². The molecule has 0 aliphatic heterocycles. The zero-order valence-corrected chi connectivity index (χ0v) is 12.4. The Hall–Kier alpha value is -2.10. The molecule has 0 fully saturated rings. The number of allylic oxidation sites excluding steroid dienone is 1. The third-order valence-electron chi connectivity index (χ3n) is 2.72. The molecule has 20 heavy (non-hydrogen) atoms. The van der Waals surface area contributed by atoms with Crippen LogP contribution in [0, 0.1) is 5.41 Å². The van der Waals surface area contributed by atoms with Gasteiger partial charge in [0, 0.05) is 5.41 Å². The summed E-state index contributed by atoms with van der Waals surface area (Å²) < 4.78 is 4.69. The van der Waals surface area contributed by atoms with Crippen molar-refractivity contribution in [2.24, 2.45) is 5.41 Å². The molecule has 0 bridgehead atoms. The fourth-order valence-corrected chi connectivity index (χ4v) is 1.44. The Morgan fingerprint density at radius 3 is 2.30 bits per heavy atom. The normalized spacial score (nSPS) is 11.9. The van der Waals surface area contributed by atoms with Crippen LogP contribution in [-0.4, -0.2) is 19.0 Å². The van der Waals surface area contributed by atoms with Crippen LogP contribution in [0.5, 0.6) is 0 Å². The van der Waals surface area contributed by atoms with E-state index in [1.165, 1.54) is 7.11 Å². The molecule has 0 radical (unpaired) electrons. The maximum absolute atomic E-state index is 11.9. The standard InChI is InChI=1S/C16H21NO3/c1-16(2,3)15(19)17-13(14(18)20-4)11-10-12-8-6-5-7-9-12/h5-9,11H,10H2,1-4H3,(H,17,19)/b13-11-. The van der Waals surface area contributed by atoms with E-state index >= 15 is 0 Å². The molecule has 1 N–H and O–H groups in total. The minimum Gasteiger partial charge on any atom is -0.464 e. The predicted octanol–water partition coefficient (Wildman–Crippen LogP) is 2.45. The number of nitrogens with one attached hydrogen (secondary N) is 1. The lowest BCUT2D eigenvalue weighted by molar-refractivity contribution is -0.138. The molecule has 4 nitrogen and oxygen atoms in total. The lowest BCUT2D eigenvalue weighted by Gasteiger charge is -2.18. The molecule has 1 aromatic rings. The lowest BCUT2D eigenvalue weighted by atomic mass is 9.95. The Morgan fingerprint density at radius 1 is 1.20 bits per heavy atom. The first-order valence-electron chi connectivity index (χ1n) is 6.48. The summed E-state index contributed by atoms with van der Waals surface area (Å²) in [4.78, 5) is 23.6. The summed E-state index contributed by atoms with van der Waals surface area (Å²) in [5.41, 5.74) is 0.662. The van der Waals surface area contributed by atoms with Crippen molar-refractivity contribution in [3.05, 3.63) is 47.7 Å². The lowest BCUT2D eigenvalue weighted by Crippen LogP contribution is -2.36. The van der Waals surface area contributed by atoms with E-state index in [4.69, 9.17) is 4.74 Å². The smallest absolute Gasteiger partial charge is 0.354 e.